The zero-order chi connectivity index (χ0) is 23.7. The Labute approximate surface area is 196 Å². The lowest BCUT2D eigenvalue weighted by Crippen LogP contribution is -2.54. The summed E-state index contributed by atoms with van der Waals surface area (Å²) < 4.78 is 26.6. The van der Waals surface area contributed by atoms with E-state index in [2.05, 4.69) is 22.0 Å². The number of carbonyl (C=O) groups is 1. The molecule has 1 atom stereocenters. The summed E-state index contributed by atoms with van der Waals surface area (Å²) in [7, 11) is 0. The highest BCUT2D eigenvalue weighted by atomic mass is 19.1. The van der Waals surface area contributed by atoms with Crippen molar-refractivity contribution in [1.82, 2.24) is 15.1 Å². The van der Waals surface area contributed by atoms with E-state index in [9.17, 15) is 13.6 Å². The van der Waals surface area contributed by atoms with Gasteiger partial charge in [0.1, 0.15) is 17.3 Å². The van der Waals surface area contributed by atoms with Gasteiger partial charge in [0.15, 0.2) is 5.82 Å². The third-order valence-corrected chi connectivity index (χ3v) is 6.31. The minimum Gasteiger partial charge on any atom is -0.348 e. The average Bonchev–Trinajstić information content (AvgIpc) is 2.85. The molecule has 3 aromatic carbocycles. The number of nitrogens with zero attached hydrogens (tertiary/aromatic N) is 4. The van der Waals surface area contributed by atoms with Crippen molar-refractivity contribution >= 4 is 22.5 Å². The normalized spacial score (nSPS) is 16.1. The van der Waals surface area contributed by atoms with Crippen LogP contribution in [0.3, 0.4) is 0 Å². The number of fused-ring (bicyclic) bond motifs is 1. The van der Waals surface area contributed by atoms with Crippen LogP contribution in [-0.4, -0.2) is 46.7 Å². The Balaban J connectivity index is 1.37. The largest absolute Gasteiger partial charge is 0.348 e. The predicted octanol–water partition coefficient (Wildman–Crippen LogP) is 4.85. The van der Waals surface area contributed by atoms with Crippen LogP contribution in [0.1, 0.15) is 12.5 Å². The van der Waals surface area contributed by atoms with E-state index in [1.165, 1.54) is 24.3 Å². The van der Waals surface area contributed by atoms with Crippen LogP contribution in [-0.2, 0) is 11.2 Å². The molecule has 0 aliphatic carbocycles. The molecule has 0 unspecified atom stereocenters. The fourth-order valence-electron chi connectivity index (χ4n) is 4.51. The summed E-state index contributed by atoms with van der Waals surface area (Å²) in [6.45, 7) is 3.84. The number of benzene rings is 3. The van der Waals surface area contributed by atoms with Crippen molar-refractivity contribution < 1.29 is 13.6 Å². The Hall–Kier alpha value is -3.87. The van der Waals surface area contributed by atoms with Gasteiger partial charge in [-0.05, 0) is 48.9 Å². The minimum absolute atomic E-state index is 0.0284. The van der Waals surface area contributed by atoms with Crippen molar-refractivity contribution in [1.29, 1.82) is 0 Å². The number of halogens is 2. The maximum absolute atomic E-state index is 13.4. The number of anilines is 1. The molecule has 1 amide bonds. The van der Waals surface area contributed by atoms with E-state index in [0.29, 0.717) is 25.3 Å². The van der Waals surface area contributed by atoms with Crippen LogP contribution in [0.5, 0.6) is 0 Å². The summed E-state index contributed by atoms with van der Waals surface area (Å²) in [6, 6.07) is 20.3. The topological polar surface area (TPSA) is 49.3 Å². The molecule has 1 aromatic heterocycles. The van der Waals surface area contributed by atoms with Gasteiger partial charge in [-0.25, -0.2) is 8.78 Å². The van der Waals surface area contributed by atoms with Crippen LogP contribution in [0.25, 0.3) is 22.0 Å². The highest BCUT2D eigenvalue weighted by molar-refractivity contribution is 6.00. The third-order valence-electron chi connectivity index (χ3n) is 6.31. The fourth-order valence-corrected chi connectivity index (χ4v) is 4.51. The van der Waals surface area contributed by atoms with Crippen molar-refractivity contribution in [2.24, 2.45) is 0 Å². The third kappa shape index (κ3) is 4.33. The molecule has 0 saturated carbocycles. The van der Waals surface area contributed by atoms with Gasteiger partial charge in [-0.1, -0.05) is 36.4 Å². The predicted molar refractivity (Wildman–Crippen MR) is 128 cm³/mol. The highest BCUT2D eigenvalue weighted by Gasteiger charge is 2.29. The molecule has 0 bridgehead atoms. The average molecular weight is 459 g/mol. The SMILES string of the molecule is C[C@H]1CN(C(=O)Cc2ccc(F)cc2)CCN1c1nnc(-c2ccc(F)cc2)c2ccccc12. The molecular formula is C27H24F2N4O. The molecule has 0 N–H and O–H groups in total. The molecule has 7 heteroatoms. The summed E-state index contributed by atoms with van der Waals surface area (Å²) >= 11 is 0. The monoisotopic (exact) mass is 458 g/mol. The Bertz CT molecular complexity index is 1330. The fraction of sp³-hybridized carbons (Fsp3) is 0.222. The lowest BCUT2D eigenvalue weighted by atomic mass is 10.0. The molecule has 2 heterocycles. The van der Waals surface area contributed by atoms with E-state index in [1.807, 2.05) is 29.2 Å². The Morgan fingerprint density at radius 2 is 1.53 bits per heavy atom. The van der Waals surface area contributed by atoms with E-state index in [4.69, 9.17) is 0 Å². The van der Waals surface area contributed by atoms with Gasteiger partial charge in [0.25, 0.3) is 0 Å². The van der Waals surface area contributed by atoms with Gasteiger partial charge in [0.2, 0.25) is 5.91 Å². The maximum Gasteiger partial charge on any atom is 0.227 e. The summed E-state index contributed by atoms with van der Waals surface area (Å²) in [6.07, 6.45) is 0.252. The summed E-state index contributed by atoms with van der Waals surface area (Å²) in [5.41, 5.74) is 2.32. The van der Waals surface area contributed by atoms with Gasteiger partial charge in [0, 0.05) is 42.0 Å². The van der Waals surface area contributed by atoms with Crippen LogP contribution in [0.2, 0.25) is 0 Å². The first-order valence-electron chi connectivity index (χ1n) is 11.3. The molecule has 5 nitrogen and oxygen atoms in total. The molecule has 172 valence electrons. The van der Waals surface area contributed by atoms with Crippen molar-refractivity contribution in [2.45, 2.75) is 19.4 Å². The first-order valence-corrected chi connectivity index (χ1v) is 11.3. The molecule has 1 saturated heterocycles. The van der Waals surface area contributed by atoms with Crippen LogP contribution in [0.15, 0.2) is 72.8 Å². The number of hydrogen-bond donors (Lipinski definition) is 0. The van der Waals surface area contributed by atoms with Crippen LogP contribution in [0, 0.1) is 11.6 Å². The summed E-state index contributed by atoms with van der Waals surface area (Å²) in [5.74, 6) is 0.204. The standard InChI is InChI=1S/C27H24F2N4O/c1-18-17-32(25(34)16-19-6-10-21(28)11-7-19)14-15-33(18)27-24-5-3-2-4-23(24)26(30-31-27)20-8-12-22(29)13-9-20/h2-13,18H,14-17H2,1H3/t18-/m0/s1. The van der Waals surface area contributed by atoms with Gasteiger partial charge in [-0.3, -0.25) is 4.79 Å². The zero-order valence-corrected chi connectivity index (χ0v) is 18.8. The van der Waals surface area contributed by atoms with Gasteiger partial charge >= 0.3 is 0 Å². The lowest BCUT2D eigenvalue weighted by Gasteiger charge is -2.40. The second kappa shape index (κ2) is 9.17. The number of piperazine rings is 1. The number of aromatic nitrogens is 2. The number of carbonyl (C=O) groups excluding carboxylic acids is 1. The van der Waals surface area contributed by atoms with E-state index >= 15 is 0 Å². The number of rotatable bonds is 4. The van der Waals surface area contributed by atoms with Crippen molar-refractivity contribution in [3.63, 3.8) is 0 Å². The second-order valence-corrected chi connectivity index (χ2v) is 8.61. The van der Waals surface area contributed by atoms with Gasteiger partial charge in [-0.2, -0.15) is 0 Å². The Kier molecular flexibility index (Phi) is 5.92. The van der Waals surface area contributed by atoms with Gasteiger partial charge in [-0.15, -0.1) is 10.2 Å². The Morgan fingerprint density at radius 1 is 0.882 bits per heavy atom. The zero-order valence-electron chi connectivity index (χ0n) is 18.8. The van der Waals surface area contributed by atoms with Gasteiger partial charge in [0.05, 0.1) is 6.42 Å². The van der Waals surface area contributed by atoms with Crippen molar-refractivity contribution in [2.75, 3.05) is 24.5 Å². The quantitative estimate of drug-likeness (QED) is 0.439. The molecule has 5 rings (SSSR count). The molecule has 34 heavy (non-hydrogen) atoms. The maximum atomic E-state index is 13.4. The van der Waals surface area contributed by atoms with E-state index in [1.54, 1.807) is 24.3 Å². The van der Waals surface area contributed by atoms with Crippen molar-refractivity contribution in [3.05, 3.63) is 90.0 Å². The molecule has 4 aromatic rings. The Morgan fingerprint density at radius 3 is 2.21 bits per heavy atom. The number of hydrogen-bond acceptors (Lipinski definition) is 4. The first kappa shape index (κ1) is 21.9. The highest BCUT2D eigenvalue weighted by Crippen LogP contribution is 2.33. The van der Waals surface area contributed by atoms with Crippen molar-refractivity contribution in [3.8, 4) is 11.3 Å². The van der Waals surface area contributed by atoms with E-state index in [-0.39, 0.29) is 30.0 Å². The summed E-state index contributed by atoms with van der Waals surface area (Å²) in [5, 5.41) is 11.0. The lowest BCUT2D eigenvalue weighted by molar-refractivity contribution is -0.131. The molecule has 1 aliphatic heterocycles. The number of amides is 1. The first-order chi connectivity index (χ1) is 16.5. The molecule has 1 fully saturated rings. The van der Waals surface area contributed by atoms with Gasteiger partial charge < -0.3 is 9.80 Å². The molecular weight excluding hydrogens is 434 g/mol. The minimum atomic E-state index is -0.308. The molecule has 0 radical (unpaired) electrons. The molecule has 1 aliphatic rings. The van der Waals surface area contributed by atoms with Crippen LogP contribution in [0.4, 0.5) is 14.6 Å². The van der Waals surface area contributed by atoms with Crippen LogP contribution >= 0.6 is 0 Å². The van der Waals surface area contributed by atoms with E-state index < -0.39 is 0 Å². The molecule has 0 spiro atoms. The second-order valence-electron chi connectivity index (χ2n) is 8.61. The smallest absolute Gasteiger partial charge is 0.227 e. The van der Waals surface area contributed by atoms with E-state index in [0.717, 1.165) is 27.7 Å². The summed E-state index contributed by atoms with van der Waals surface area (Å²) in [4.78, 5) is 16.9. The van der Waals surface area contributed by atoms with Crippen LogP contribution < -0.4 is 4.90 Å².